The molecule has 2 rings (SSSR count). The van der Waals surface area contributed by atoms with E-state index in [9.17, 15) is 0 Å². The van der Waals surface area contributed by atoms with Gasteiger partial charge in [0.05, 0.1) is 13.3 Å². The maximum absolute atomic E-state index is 6.00. The fraction of sp³-hybridized carbons (Fsp3) is 0.200. The molecule has 2 aromatic carbocycles. The molecule has 2 N–H and O–H groups in total. The number of hydrogen-bond acceptors (Lipinski definition) is 4. The minimum Gasteiger partial charge on any atom is -0.493 e. The number of thiocarbonyl (C=S) groups is 1. The first kappa shape index (κ1) is 19.5. The lowest BCUT2D eigenvalue weighted by atomic mass is 10.1. The Morgan fingerprint density at radius 1 is 1.23 bits per heavy atom. The van der Waals surface area contributed by atoms with Gasteiger partial charge in [-0.3, -0.25) is 5.43 Å². The minimum atomic E-state index is 0.422. The van der Waals surface area contributed by atoms with Crippen molar-refractivity contribution in [2.24, 2.45) is 5.10 Å². The summed E-state index contributed by atoms with van der Waals surface area (Å²) in [6.45, 7) is 6.69. The van der Waals surface area contributed by atoms with Crippen LogP contribution in [0.5, 0.6) is 11.5 Å². The van der Waals surface area contributed by atoms with E-state index in [4.69, 9.17) is 21.7 Å². The normalized spacial score (nSPS) is 10.4. The molecule has 26 heavy (non-hydrogen) atoms. The highest BCUT2D eigenvalue weighted by Gasteiger charge is 2.09. The molecule has 5 nitrogen and oxygen atoms in total. The molecular weight excluding hydrogens is 346 g/mol. The Kier molecular flexibility index (Phi) is 7.64. The lowest BCUT2D eigenvalue weighted by molar-refractivity contribution is 0.284. The Bertz CT molecular complexity index is 773. The van der Waals surface area contributed by atoms with Crippen LogP contribution in [0, 0.1) is 6.92 Å². The van der Waals surface area contributed by atoms with Crippen molar-refractivity contribution < 1.29 is 9.47 Å². The summed E-state index contributed by atoms with van der Waals surface area (Å²) < 4.78 is 11.4. The summed E-state index contributed by atoms with van der Waals surface area (Å²) in [5.41, 5.74) is 5.84. The number of rotatable bonds is 8. The second kappa shape index (κ2) is 10.2. The summed E-state index contributed by atoms with van der Waals surface area (Å²) in [6, 6.07) is 13.8. The molecule has 0 unspecified atom stereocenters. The summed E-state index contributed by atoms with van der Waals surface area (Å²) in [5.74, 6) is 1.28. The van der Waals surface area contributed by atoms with Crippen molar-refractivity contribution in [2.75, 3.05) is 13.7 Å². The van der Waals surface area contributed by atoms with Gasteiger partial charge in [-0.05, 0) is 36.8 Å². The molecule has 0 heterocycles. The molecule has 0 aliphatic carbocycles. The van der Waals surface area contributed by atoms with Crippen molar-refractivity contribution in [1.82, 2.24) is 10.7 Å². The fourth-order valence-electron chi connectivity index (χ4n) is 2.15. The number of methoxy groups -OCH3 is 1. The van der Waals surface area contributed by atoms with Gasteiger partial charge in [0.25, 0.3) is 0 Å². The SMILES string of the molecule is C=CCNC(=S)N/N=C/c1cccc(OC)c1OCc1ccc(C)cc1. The van der Waals surface area contributed by atoms with Crippen LogP contribution in [0.4, 0.5) is 0 Å². The molecule has 136 valence electrons. The molecule has 0 amide bonds. The van der Waals surface area contributed by atoms with E-state index < -0.39 is 0 Å². The zero-order valence-corrected chi connectivity index (χ0v) is 15.8. The lowest BCUT2D eigenvalue weighted by Gasteiger charge is -2.13. The Balaban J connectivity index is 2.09. The second-order valence-corrected chi connectivity index (χ2v) is 5.93. The molecule has 0 aliphatic rings. The van der Waals surface area contributed by atoms with Crippen LogP contribution in [0.2, 0.25) is 0 Å². The maximum atomic E-state index is 6.00. The van der Waals surface area contributed by atoms with Crippen LogP contribution in [-0.2, 0) is 6.61 Å². The van der Waals surface area contributed by atoms with E-state index in [-0.39, 0.29) is 0 Å². The number of nitrogens with one attached hydrogen (secondary N) is 2. The van der Waals surface area contributed by atoms with Crippen molar-refractivity contribution in [2.45, 2.75) is 13.5 Å². The first-order valence-electron chi connectivity index (χ1n) is 8.17. The quantitative estimate of drug-likeness (QED) is 0.322. The Morgan fingerprint density at radius 2 is 2.00 bits per heavy atom. The third kappa shape index (κ3) is 5.89. The molecule has 0 aromatic heterocycles. The van der Waals surface area contributed by atoms with E-state index in [0.717, 1.165) is 11.1 Å². The zero-order valence-electron chi connectivity index (χ0n) is 15.0. The van der Waals surface area contributed by atoms with E-state index in [1.54, 1.807) is 19.4 Å². The second-order valence-electron chi connectivity index (χ2n) is 5.52. The van der Waals surface area contributed by atoms with Crippen molar-refractivity contribution in [3.63, 3.8) is 0 Å². The number of nitrogens with zero attached hydrogens (tertiary/aromatic N) is 1. The predicted molar refractivity (Wildman–Crippen MR) is 110 cm³/mol. The minimum absolute atomic E-state index is 0.422. The summed E-state index contributed by atoms with van der Waals surface area (Å²) in [7, 11) is 1.61. The van der Waals surface area contributed by atoms with Crippen LogP contribution < -0.4 is 20.2 Å². The molecule has 0 aliphatic heterocycles. The molecule has 0 saturated carbocycles. The van der Waals surface area contributed by atoms with E-state index in [2.05, 4.69) is 41.5 Å². The van der Waals surface area contributed by atoms with Gasteiger partial charge in [0.2, 0.25) is 0 Å². The topological polar surface area (TPSA) is 54.9 Å². The van der Waals surface area contributed by atoms with Crippen LogP contribution in [0.15, 0.2) is 60.2 Å². The monoisotopic (exact) mass is 369 g/mol. The number of para-hydroxylation sites is 1. The van der Waals surface area contributed by atoms with Gasteiger partial charge in [-0.15, -0.1) is 6.58 Å². The van der Waals surface area contributed by atoms with Gasteiger partial charge in [-0.2, -0.15) is 5.10 Å². The van der Waals surface area contributed by atoms with Crippen LogP contribution in [0.1, 0.15) is 16.7 Å². The Labute approximate surface area is 159 Å². The van der Waals surface area contributed by atoms with Crippen LogP contribution in [0.25, 0.3) is 0 Å². The lowest BCUT2D eigenvalue weighted by Crippen LogP contribution is -2.31. The summed E-state index contributed by atoms with van der Waals surface area (Å²) in [4.78, 5) is 0. The third-order valence-corrected chi connectivity index (χ3v) is 3.75. The van der Waals surface area contributed by atoms with Gasteiger partial charge < -0.3 is 14.8 Å². The van der Waals surface area contributed by atoms with Crippen LogP contribution >= 0.6 is 12.2 Å². The predicted octanol–water partition coefficient (Wildman–Crippen LogP) is 3.57. The average molecular weight is 369 g/mol. The zero-order chi connectivity index (χ0) is 18.8. The van der Waals surface area contributed by atoms with Crippen molar-refractivity contribution in [1.29, 1.82) is 0 Å². The van der Waals surface area contributed by atoms with Gasteiger partial charge in [0, 0.05) is 12.1 Å². The number of ether oxygens (including phenoxy) is 2. The van der Waals surface area contributed by atoms with Crippen molar-refractivity contribution in [3.05, 3.63) is 71.8 Å². The highest BCUT2D eigenvalue weighted by atomic mass is 32.1. The van der Waals surface area contributed by atoms with Gasteiger partial charge in [0.1, 0.15) is 6.61 Å². The molecule has 0 fully saturated rings. The van der Waals surface area contributed by atoms with Gasteiger partial charge >= 0.3 is 0 Å². The van der Waals surface area contributed by atoms with E-state index in [1.807, 2.05) is 30.3 Å². The Hall–Kier alpha value is -2.86. The largest absolute Gasteiger partial charge is 0.493 e. The highest BCUT2D eigenvalue weighted by molar-refractivity contribution is 7.80. The average Bonchev–Trinajstić information content (AvgIpc) is 2.66. The van der Waals surface area contributed by atoms with Crippen LogP contribution in [-0.4, -0.2) is 25.0 Å². The van der Waals surface area contributed by atoms with Crippen molar-refractivity contribution in [3.8, 4) is 11.5 Å². The number of hydrazone groups is 1. The summed E-state index contributed by atoms with van der Waals surface area (Å²) in [6.07, 6.45) is 3.37. The third-order valence-electron chi connectivity index (χ3n) is 3.51. The summed E-state index contributed by atoms with van der Waals surface area (Å²) in [5, 5.41) is 7.51. The number of hydrogen-bond donors (Lipinski definition) is 2. The smallest absolute Gasteiger partial charge is 0.187 e. The van der Waals surface area contributed by atoms with E-state index >= 15 is 0 Å². The molecule has 0 saturated heterocycles. The maximum Gasteiger partial charge on any atom is 0.187 e. The standard InChI is InChI=1S/C20H23N3O2S/c1-4-12-21-20(26)23-22-13-17-6-5-7-18(24-3)19(17)25-14-16-10-8-15(2)9-11-16/h4-11,13H,1,12,14H2,2-3H3,(H2,21,23,26)/b22-13+. The van der Waals surface area contributed by atoms with Crippen LogP contribution in [0.3, 0.4) is 0 Å². The van der Waals surface area contributed by atoms with Gasteiger partial charge in [-0.1, -0.05) is 42.0 Å². The van der Waals surface area contributed by atoms with E-state index in [0.29, 0.717) is 29.8 Å². The van der Waals surface area contributed by atoms with Gasteiger partial charge in [0.15, 0.2) is 16.6 Å². The number of benzene rings is 2. The number of aryl methyl sites for hydroxylation is 1. The molecule has 0 radical (unpaired) electrons. The van der Waals surface area contributed by atoms with Crippen molar-refractivity contribution >= 4 is 23.5 Å². The molecule has 0 atom stereocenters. The Morgan fingerprint density at radius 3 is 2.69 bits per heavy atom. The molecule has 0 spiro atoms. The first-order chi connectivity index (χ1) is 12.6. The van der Waals surface area contributed by atoms with Gasteiger partial charge in [-0.25, -0.2) is 0 Å². The molecule has 6 heteroatoms. The first-order valence-corrected chi connectivity index (χ1v) is 8.58. The molecule has 2 aromatic rings. The fourth-order valence-corrected chi connectivity index (χ4v) is 2.29. The highest BCUT2D eigenvalue weighted by Crippen LogP contribution is 2.30. The van der Waals surface area contributed by atoms with E-state index in [1.165, 1.54) is 5.56 Å². The molecule has 0 bridgehead atoms. The molecular formula is C20H23N3O2S. The summed E-state index contributed by atoms with van der Waals surface area (Å²) >= 11 is 5.10.